The maximum absolute atomic E-state index is 12.5. The van der Waals surface area contributed by atoms with Gasteiger partial charge in [0.1, 0.15) is 11.9 Å². The zero-order valence-corrected chi connectivity index (χ0v) is 14.6. The average Bonchev–Trinajstić information content (AvgIpc) is 3.41. The summed E-state index contributed by atoms with van der Waals surface area (Å²) in [6.07, 6.45) is 2.37. The van der Waals surface area contributed by atoms with Gasteiger partial charge in [0.2, 0.25) is 5.91 Å². The third-order valence-corrected chi connectivity index (χ3v) is 5.53. The van der Waals surface area contributed by atoms with Crippen molar-refractivity contribution >= 4 is 16.7 Å². The van der Waals surface area contributed by atoms with E-state index in [0.29, 0.717) is 12.5 Å². The predicted molar refractivity (Wildman–Crippen MR) is 98.3 cm³/mol. The van der Waals surface area contributed by atoms with Gasteiger partial charge in [-0.1, -0.05) is 42.5 Å². The van der Waals surface area contributed by atoms with Gasteiger partial charge in [-0.3, -0.25) is 4.79 Å². The molecule has 1 fully saturated rings. The number of fused-ring (bicyclic) bond motifs is 2. The van der Waals surface area contributed by atoms with E-state index in [4.69, 9.17) is 4.98 Å². The van der Waals surface area contributed by atoms with Gasteiger partial charge < -0.3 is 9.47 Å². The second kappa shape index (κ2) is 5.19. The van der Waals surface area contributed by atoms with Gasteiger partial charge in [-0.15, -0.1) is 0 Å². The predicted octanol–water partition coefficient (Wildman–Crippen LogP) is 4.11. The molecule has 1 aliphatic heterocycles. The summed E-state index contributed by atoms with van der Waals surface area (Å²) < 4.78 is 2.22. The molecule has 1 aliphatic carbocycles. The van der Waals surface area contributed by atoms with Crippen LogP contribution in [0, 0.1) is 0 Å². The highest BCUT2D eigenvalue weighted by Gasteiger charge is 2.38. The van der Waals surface area contributed by atoms with E-state index in [-0.39, 0.29) is 11.9 Å². The molecular weight excluding hydrogens is 310 g/mol. The van der Waals surface area contributed by atoms with Crippen LogP contribution in [0.1, 0.15) is 43.2 Å². The molecule has 2 heterocycles. The minimum atomic E-state index is -0.166. The van der Waals surface area contributed by atoms with Crippen molar-refractivity contribution in [2.75, 3.05) is 7.05 Å². The highest BCUT2D eigenvalue weighted by atomic mass is 16.2. The number of carbonyl (C=O) groups excluding carboxylic acids is 1. The number of aromatic nitrogens is 2. The Morgan fingerprint density at radius 1 is 1.08 bits per heavy atom. The van der Waals surface area contributed by atoms with Gasteiger partial charge in [-0.2, -0.15) is 0 Å². The van der Waals surface area contributed by atoms with Crippen molar-refractivity contribution in [2.24, 2.45) is 0 Å². The first-order valence-electron chi connectivity index (χ1n) is 8.99. The normalized spacial score (nSPS) is 20.2. The van der Waals surface area contributed by atoms with Crippen molar-refractivity contribution < 1.29 is 4.79 Å². The van der Waals surface area contributed by atoms with E-state index in [1.807, 2.05) is 18.9 Å². The molecule has 0 radical (unpaired) electrons. The lowest BCUT2D eigenvalue weighted by Gasteiger charge is -2.31. The molecule has 126 valence electrons. The number of likely N-dealkylation sites (N-methyl/N-ethyl adjacent to an activating group) is 1. The molecule has 2 aliphatic rings. The molecule has 0 bridgehead atoms. The van der Waals surface area contributed by atoms with Crippen LogP contribution in [0.3, 0.4) is 0 Å². The van der Waals surface area contributed by atoms with Crippen LogP contribution < -0.4 is 0 Å². The lowest BCUT2D eigenvalue weighted by molar-refractivity contribution is -0.135. The lowest BCUT2D eigenvalue weighted by atomic mass is 10.0. The van der Waals surface area contributed by atoms with E-state index in [0.717, 1.165) is 11.5 Å². The molecule has 2 aromatic carbocycles. The number of nitrogens with zero attached hydrogens (tertiary/aromatic N) is 3. The Morgan fingerprint density at radius 2 is 1.84 bits per heavy atom. The van der Waals surface area contributed by atoms with E-state index in [2.05, 4.69) is 47.0 Å². The minimum Gasteiger partial charge on any atom is -0.338 e. The first kappa shape index (κ1) is 14.7. The van der Waals surface area contributed by atoms with Crippen LogP contribution in [0.4, 0.5) is 0 Å². The molecule has 0 unspecified atom stereocenters. The molecule has 5 rings (SSSR count). The maximum Gasteiger partial charge on any atom is 0.245 e. The van der Waals surface area contributed by atoms with Gasteiger partial charge in [0.25, 0.3) is 0 Å². The summed E-state index contributed by atoms with van der Waals surface area (Å²) >= 11 is 0. The first-order valence-corrected chi connectivity index (χ1v) is 8.99. The van der Waals surface area contributed by atoms with Crippen molar-refractivity contribution in [3.63, 3.8) is 0 Å². The Morgan fingerprint density at radius 3 is 2.64 bits per heavy atom. The molecule has 1 atom stereocenters. The van der Waals surface area contributed by atoms with Gasteiger partial charge in [-0.25, -0.2) is 4.98 Å². The van der Waals surface area contributed by atoms with Crippen LogP contribution in [0.25, 0.3) is 22.0 Å². The Kier molecular flexibility index (Phi) is 3.05. The lowest BCUT2D eigenvalue weighted by Crippen LogP contribution is -2.39. The second-order valence-corrected chi connectivity index (χ2v) is 7.31. The van der Waals surface area contributed by atoms with Gasteiger partial charge in [0, 0.05) is 18.5 Å². The van der Waals surface area contributed by atoms with Crippen molar-refractivity contribution in [1.82, 2.24) is 14.5 Å². The number of rotatable bonds is 2. The molecule has 1 amide bonds. The standard InChI is InChI=1S/C21H21N3O/c1-13-21(25)23(2)12-18-19(22-20(24(13)18)15-10-11-15)17-9-5-7-14-6-3-4-8-16(14)17/h3-9,13,15H,10-12H2,1-2H3/t13-/m0/s1. The fourth-order valence-electron chi connectivity index (χ4n) is 4.08. The van der Waals surface area contributed by atoms with Crippen LogP contribution in [0.5, 0.6) is 0 Å². The van der Waals surface area contributed by atoms with E-state index in [1.165, 1.54) is 34.9 Å². The first-order chi connectivity index (χ1) is 12.1. The van der Waals surface area contributed by atoms with Crippen molar-refractivity contribution in [3.8, 4) is 11.3 Å². The van der Waals surface area contributed by atoms with Crippen molar-refractivity contribution in [2.45, 2.75) is 38.3 Å². The summed E-state index contributed by atoms with van der Waals surface area (Å²) in [4.78, 5) is 19.4. The number of hydrogen-bond acceptors (Lipinski definition) is 2. The number of carbonyl (C=O) groups is 1. The minimum absolute atomic E-state index is 0.166. The van der Waals surface area contributed by atoms with Gasteiger partial charge in [-0.05, 0) is 30.5 Å². The van der Waals surface area contributed by atoms with E-state index in [1.54, 1.807) is 0 Å². The van der Waals surface area contributed by atoms with Crippen molar-refractivity contribution in [3.05, 3.63) is 54.0 Å². The van der Waals surface area contributed by atoms with Crippen molar-refractivity contribution in [1.29, 1.82) is 0 Å². The molecule has 0 saturated heterocycles. The highest BCUT2D eigenvalue weighted by Crippen LogP contribution is 2.44. The van der Waals surface area contributed by atoms with E-state index in [9.17, 15) is 4.79 Å². The molecule has 1 aromatic heterocycles. The van der Waals surface area contributed by atoms with Crippen LogP contribution >= 0.6 is 0 Å². The highest BCUT2D eigenvalue weighted by molar-refractivity contribution is 5.96. The summed E-state index contributed by atoms with van der Waals surface area (Å²) in [7, 11) is 1.89. The molecule has 0 N–H and O–H groups in total. The van der Waals surface area contributed by atoms with E-state index >= 15 is 0 Å². The maximum atomic E-state index is 12.5. The number of hydrogen-bond donors (Lipinski definition) is 0. The third kappa shape index (κ3) is 2.13. The Balaban J connectivity index is 1.79. The summed E-state index contributed by atoms with van der Waals surface area (Å²) in [5.41, 5.74) is 3.39. The fraction of sp³-hybridized carbons (Fsp3) is 0.333. The Labute approximate surface area is 147 Å². The van der Waals surface area contributed by atoms with Crippen LogP contribution in [-0.4, -0.2) is 27.4 Å². The molecule has 4 nitrogen and oxygen atoms in total. The molecular formula is C21H21N3O. The van der Waals surface area contributed by atoms with Gasteiger partial charge in [0.15, 0.2) is 0 Å². The monoisotopic (exact) mass is 331 g/mol. The topological polar surface area (TPSA) is 38.1 Å². The molecule has 4 heteroatoms. The van der Waals surface area contributed by atoms with Crippen LogP contribution in [-0.2, 0) is 11.3 Å². The zero-order valence-electron chi connectivity index (χ0n) is 14.6. The average molecular weight is 331 g/mol. The number of amides is 1. The largest absolute Gasteiger partial charge is 0.338 e. The third-order valence-electron chi connectivity index (χ3n) is 5.53. The van der Waals surface area contributed by atoms with Gasteiger partial charge >= 0.3 is 0 Å². The van der Waals surface area contributed by atoms with Gasteiger partial charge in [0.05, 0.1) is 17.9 Å². The summed E-state index contributed by atoms with van der Waals surface area (Å²) in [6, 6.07) is 14.7. The summed E-state index contributed by atoms with van der Waals surface area (Å²) in [6.45, 7) is 2.63. The second-order valence-electron chi connectivity index (χ2n) is 7.31. The SMILES string of the molecule is C[C@H]1C(=O)N(C)Cc2c(-c3cccc4ccccc34)nc(C3CC3)n21. The Bertz CT molecular complexity index is 994. The molecule has 25 heavy (non-hydrogen) atoms. The molecule has 3 aromatic rings. The number of imidazole rings is 1. The summed E-state index contributed by atoms with van der Waals surface area (Å²) in [5, 5.41) is 2.45. The molecule has 0 spiro atoms. The molecule has 1 saturated carbocycles. The summed E-state index contributed by atoms with van der Waals surface area (Å²) in [5.74, 6) is 1.80. The van der Waals surface area contributed by atoms with E-state index < -0.39 is 0 Å². The smallest absolute Gasteiger partial charge is 0.245 e. The van der Waals surface area contributed by atoms with Crippen LogP contribution in [0.2, 0.25) is 0 Å². The zero-order chi connectivity index (χ0) is 17.1. The Hall–Kier alpha value is -2.62. The fourth-order valence-corrected chi connectivity index (χ4v) is 4.08. The quantitative estimate of drug-likeness (QED) is 0.708. The number of benzene rings is 2. The van der Waals surface area contributed by atoms with Crippen LogP contribution in [0.15, 0.2) is 42.5 Å².